The SMILES string of the molecule is CCOc1ccc(/C(O)=C2/C(=O)C(=O)N(c3ccc(Cl)cc3C)C2c2ccccn2)cc1C(C)C. The molecule has 0 radical (unpaired) electrons. The van der Waals surface area contributed by atoms with Gasteiger partial charge in [-0.05, 0) is 79.4 Å². The van der Waals surface area contributed by atoms with Crippen molar-refractivity contribution in [3.05, 3.63) is 93.8 Å². The lowest BCUT2D eigenvalue weighted by molar-refractivity contribution is -0.132. The number of hydrogen-bond acceptors (Lipinski definition) is 5. The quantitative estimate of drug-likeness (QED) is 0.253. The van der Waals surface area contributed by atoms with Crippen molar-refractivity contribution >= 4 is 34.7 Å². The number of ketones is 1. The Hall–Kier alpha value is -3.64. The molecule has 1 aliphatic heterocycles. The summed E-state index contributed by atoms with van der Waals surface area (Å²) in [5.41, 5.74) is 3.04. The summed E-state index contributed by atoms with van der Waals surface area (Å²) >= 11 is 6.13. The van der Waals surface area contributed by atoms with Crippen molar-refractivity contribution in [2.45, 2.75) is 39.7 Å². The molecule has 0 saturated carbocycles. The molecule has 0 spiro atoms. The number of aliphatic hydroxyl groups excluding tert-OH is 1. The minimum atomic E-state index is -0.898. The molecule has 3 aromatic rings. The zero-order chi connectivity index (χ0) is 25.3. The molecule has 1 fully saturated rings. The minimum Gasteiger partial charge on any atom is -0.507 e. The van der Waals surface area contributed by atoms with E-state index in [2.05, 4.69) is 4.98 Å². The summed E-state index contributed by atoms with van der Waals surface area (Å²) in [4.78, 5) is 32.5. The van der Waals surface area contributed by atoms with Gasteiger partial charge in [-0.3, -0.25) is 19.5 Å². The van der Waals surface area contributed by atoms with Gasteiger partial charge in [0.1, 0.15) is 17.6 Å². The molecule has 1 saturated heterocycles. The number of nitrogens with zero attached hydrogens (tertiary/aromatic N) is 2. The molecule has 1 unspecified atom stereocenters. The average molecular weight is 491 g/mol. The molecule has 1 aromatic heterocycles. The van der Waals surface area contributed by atoms with Crippen LogP contribution in [-0.4, -0.2) is 28.4 Å². The summed E-state index contributed by atoms with van der Waals surface area (Å²) in [6, 6.07) is 14.8. The fourth-order valence-electron chi connectivity index (χ4n) is 4.38. The molecular formula is C28H27ClN2O4. The van der Waals surface area contributed by atoms with Crippen LogP contribution in [0.1, 0.15) is 55.1 Å². The molecule has 35 heavy (non-hydrogen) atoms. The van der Waals surface area contributed by atoms with Crippen molar-refractivity contribution in [3.63, 3.8) is 0 Å². The number of aromatic nitrogens is 1. The van der Waals surface area contributed by atoms with Crippen molar-refractivity contribution in [1.29, 1.82) is 0 Å². The van der Waals surface area contributed by atoms with E-state index in [1.807, 2.05) is 27.7 Å². The summed E-state index contributed by atoms with van der Waals surface area (Å²) in [5, 5.41) is 12.0. The topological polar surface area (TPSA) is 79.7 Å². The summed E-state index contributed by atoms with van der Waals surface area (Å²) in [7, 11) is 0. The lowest BCUT2D eigenvalue weighted by atomic mass is 9.94. The predicted octanol–water partition coefficient (Wildman–Crippen LogP) is 6.19. The van der Waals surface area contributed by atoms with Gasteiger partial charge in [-0.25, -0.2) is 0 Å². The second-order valence-corrected chi connectivity index (χ2v) is 9.13. The van der Waals surface area contributed by atoms with Crippen LogP contribution < -0.4 is 9.64 Å². The molecule has 1 aliphatic rings. The first-order valence-corrected chi connectivity index (χ1v) is 11.9. The predicted molar refractivity (Wildman–Crippen MR) is 137 cm³/mol. The van der Waals surface area contributed by atoms with E-state index < -0.39 is 17.7 Å². The molecule has 1 atom stereocenters. The number of halogens is 1. The molecule has 0 aliphatic carbocycles. The normalized spacial score (nSPS) is 17.3. The zero-order valence-electron chi connectivity index (χ0n) is 20.1. The van der Waals surface area contributed by atoms with Gasteiger partial charge < -0.3 is 9.84 Å². The molecular weight excluding hydrogens is 464 g/mol. The monoisotopic (exact) mass is 490 g/mol. The van der Waals surface area contributed by atoms with Crippen LogP contribution >= 0.6 is 11.6 Å². The Labute approximate surface area is 209 Å². The van der Waals surface area contributed by atoms with E-state index in [0.717, 1.165) is 16.9 Å². The van der Waals surface area contributed by atoms with Gasteiger partial charge in [0, 0.05) is 22.5 Å². The first-order chi connectivity index (χ1) is 16.7. The van der Waals surface area contributed by atoms with Crippen LogP contribution in [0.5, 0.6) is 5.75 Å². The Kier molecular flexibility index (Phi) is 6.94. The van der Waals surface area contributed by atoms with Gasteiger partial charge in [-0.15, -0.1) is 0 Å². The first-order valence-electron chi connectivity index (χ1n) is 11.5. The summed E-state index contributed by atoms with van der Waals surface area (Å²) in [6.07, 6.45) is 1.60. The third kappa shape index (κ3) is 4.54. The summed E-state index contributed by atoms with van der Waals surface area (Å²) < 4.78 is 5.74. The number of pyridine rings is 1. The second kappa shape index (κ2) is 9.92. The number of benzene rings is 2. The maximum atomic E-state index is 13.4. The minimum absolute atomic E-state index is 0.0121. The Morgan fingerprint density at radius 3 is 2.54 bits per heavy atom. The van der Waals surface area contributed by atoms with E-state index in [9.17, 15) is 14.7 Å². The van der Waals surface area contributed by atoms with Gasteiger partial charge in [-0.1, -0.05) is 31.5 Å². The number of Topliss-reactive ketones (excluding diaryl/α,β-unsaturated/α-hetero) is 1. The van der Waals surface area contributed by atoms with Crippen LogP contribution in [0.15, 0.2) is 66.4 Å². The van der Waals surface area contributed by atoms with Gasteiger partial charge in [0.05, 0.1) is 17.9 Å². The van der Waals surface area contributed by atoms with E-state index in [0.29, 0.717) is 28.6 Å². The molecule has 1 N–H and O–H groups in total. The fraction of sp³-hybridized carbons (Fsp3) is 0.250. The van der Waals surface area contributed by atoms with Crippen LogP contribution in [0.2, 0.25) is 5.02 Å². The van der Waals surface area contributed by atoms with Crippen molar-refractivity contribution < 1.29 is 19.4 Å². The number of ether oxygens (including phenoxy) is 1. The van der Waals surface area contributed by atoms with E-state index in [4.69, 9.17) is 16.3 Å². The van der Waals surface area contributed by atoms with E-state index in [-0.39, 0.29) is 17.3 Å². The molecule has 2 aromatic carbocycles. The van der Waals surface area contributed by atoms with E-state index >= 15 is 0 Å². The number of anilines is 1. The summed E-state index contributed by atoms with van der Waals surface area (Å²) in [5.74, 6) is -0.916. The number of aliphatic hydroxyl groups is 1. The molecule has 4 rings (SSSR count). The fourth-order valence-corrected chi connectivity index (χ4v) is 4.60. The van der Waals surface area contributed by atoms with Crippen LogP contribution in [-0.2, 0) is 9.59 Å². The average Bonchev–Trinajstić information content (AvgIpc) is 3.10. The number of aryl methyl sites for hydroxylation is 1. The van der Waals surface area contributed by atoms with Crippen molar-refractivity contribution in [3.8, 4) is 5.75 Å². The Morgan fingerprint density at radius 1 is 1.14 bits per heavy atom. The standard InChI is InChI=1S/C28H27ClN2O4/c1-5-35-23-12-9-18(15-20(23)16(2)3)26(32)24-25(21-8-6-7-13-30-21)31(28(34)27(24)33)22-11-10-19(29)14-17(22)4/h6-16,25,32H,5H2,1-4H3/b26-24-. The lowest BCUT2D eigenvalue weighted by Crippen LogP contribution is -2.30. The molecule has 6 nitrogen and oxygen atoms in total. The van der Waals surface area contributed by atoms with Gasteiger partial charge in [0.15, 0.2) is 0 Å². The van der Waals surface area contributed by atoms with Crippen LogP contribution in [0, 0.1) is 6.92 Å². The third-order valence-electron chi connectivity index (χ3n) is 6.04. The number of rotatable bonds is 6. The van der Waals surface area contributed by atoms with Gasteiger partial charge in [0.2, 0.25) is 0 Å². The Balaban J connectivity index is 1.94. The highest BCUT2D eigenvalue weighted by Crippen LogP contribution is 2.43. The van der Waals surface area contributed by atoms with E-state index in [1.165, 1.54) is 4.90 Å². The number of amides is 1. The Bertz CT molecular complexity index is 1320. The number of hydrogen-bond donors (Lipinski definition) is 1. The smallest absolute Gasteiger partial charge is 0.300 e. The highest BCUT2D eigenvalue weighted by atomic mass is 35.5. The highest BCUT2D eigenvalue weighted by Gasteiger charge is 2.48. The van der Waals surface area contributed by atoms with Gasteiger partial charge in [-0.2, -0.15) is 0 Å². The molecule has 2 heterocycles. The maximum absolute atomic E-state index is 13.4. The molecule has 0 bridgehead atoms. The maximum Gasteiger partial charge on any atom is 0.300 e. The highest BCUT2D eigenvalue weighted by molar-refractivity contribution is 6.51. The molecule has 180 valence electrons. The molecule has 1 amide bonds. The lowest BCUT2D eigenvalue weighted by Gasteiger charge is -2.26. The van der Waals surface area contributed by atoms with Crippen molar-refractivity contribution in [2.75, 3.05) is 11.5 Å². The number of carbonyl (C=O) groups excluding carboxylic acids is 2. The van der Waals surface area contributed by atoms with Crippen molar-refractivity contribution in [1.82, 2.24) is 4.98 Å². The second-order valence-electron chi connectivity index (χ2n) is 8.69. The summed E-state index contributed by atoms with van der Waals surface area (Å²) in [6.45, 7) is 8.29. The van der Waals surface area contributed by atoms with Crippen LogP contribution in [0.3, 0.4) is 0 Å². The van der Waals surface area contributed by atoms with Crippen LogP contribution in [0.25, 0.3) is 5.76 Å². The van der Waals surface area contributed by atoms with Gasteiger partial charge in [0.25, 0.3) is 11.7 Å². The third-order valence-corrected chi connectivity index (χ3v) is 6.27. The first kappa shape index (κ1) is 24.5. The van der Waals surface area contributed by atoms with E-state index in [1.54, 1.807) is 60.8 Å². The largest absolute Gasteiger partial charge is 0.507 e. The van der Waals surface area contributed by atoms with Crippen molar-refractivity contribution in [2.24, 2.45) is 0 Å². The Morgan fingerprint density at radius 2 is 1.91 bits per heavy atom. The number of carbonyl (C=O) groups is 2. The van der Waals surface area contributed by atoms with Crippen LogP contribution in [0.4, 0.5) is 5.69 Å². The molecule has 7 heteroatoms. The van der Waals surface area contributed by atoms with Gasteiger partial charge >= 0.3 is 0 Å². The zero-order valence-corrected chi connectivity index (χ0v) is 20.8.